The smallest absolute Gasteiger partial charge is 0.267 e. The van der Waals surface area contributed by atoms with Crippen LogP contribution in [-0.2, 0) is 0 Å². The molecule has 0 fully saturated rings. The van der Waals surface area contributed by atoms with Crippen LogP contribution in [0.25, 0.3) is 21.0 Å². The molecular formula is C19H15N3OS. The van der Waals surface area contributed by atoms with Crippen LogP contribution in [-0.4, -0.2) is 10.9 Å². The fourth-order valence-electron chi connectivity index (χ4n) is 2.77. The zero-order chi connectivity index (χ0) is 16.7. The van der Waals surface area contributed by atoms with Crippen molar-refractivity contribution in [2.45, 2.75) is 6.92 Å². The van der Waals surface area contributed by atoms with Gasteiger partial charge < -0.3 is 11.1 Å². The summed E-state index contributed by atoms with van der Waals surface area (Å²) in [6.45, 7) is 1.92. The summed E-state index contributed by atoms with van der Waals surface area (Å²) < 4.78 is 0. The molecule has 0 saturated heterocycles. The average molecular weight is 333 g/mol. The molecule has 0 saturated carbocycles. The van der Waals surface area contributed by atoms with E-state index < -0.39 is 0 Å². The molecule has 0 aliphatic rings. The minimum absolute atomic E-state index is 0.204. The van der Waals surface area contributed by atoms with Crippen LogP contribution in [0.4, 0.5) is 11.4 Å². The number of nitrogens with one attached hydrogen (secondary N) is 1. The maximum absolute atomic E-state index is 12.7. The molecule has 4 nitrogen and oxygen atoms in total. The monoisotopic (exact) mass is 333 g/mol. The van der Waals surface area contributed by atoms with E-state index in [0.717, 1.165) is 32.4 Å². The topological polar surface area (TPSA) is 68.0 Å². The van der Waals surface area contributed by atoms with E-state index >= 15 is 0 Å². The quantitative estimate of drug-likeness (QED) is 0.563. The van der Waals surface area contributed by atoms with E-state index in [1.54, 1.807) is 0 Å². The van der Waals surface area contributed by atoms with Gasteiger partial charge in [0.15, 0.2) is 0 Å². The zero-order valence-electron chi connectivity index (χ0n) is 13.0. The number of fused-ring (bicyclic) bond motifs is 2. The molecule has 1 amide bonds. The molecule has 0 atom stereocenters. The van der Waals surface area contributed by atoms with Crippen LogP contribution in [0.1, 0.15) is 15.4 Å². The van der Waals surface area contributed by atoms with Crippen molar-refractivity contribution >= 4 is 49.6 Å². The molecule has 4 aromatic rings. The number of nitrogens with two attached hydrogens (primary N) is 1. The summed E-state index contributed by atoms with van der Waals surface area (Å²) in [4.78, 5) is 18.5. The first kappa shape index (κ1) is 14.7. The lowest BCUT2D eigenvalue weighted by molar-refractivity contribution is 0.103. The number of pyridine rings is 1. The van der Waals surface area contributed by atoms with Crippen molar-refractivity contribution in [3.8, 4) is 0 Å². The number of nitrogens with zero attached hydrogens (tertiary/aromatic N) is 1. The van der Waals surface area contributed by atoms with E-state index in [0.29, 0.717) is 10.6 Å². The highest BCUT2D eigenvalue weighted by Gasteiger charge is 2.18. The second-order valence-electron chi connectivity index (χ2n) is 5.63. The summed E-state index contributed by atoms with van der Waals surface area (Å²) in [5.41, 5.74) is 8.34. The number of aromatic nitrogens is 1. The largest absolute Gasteiger partial charge is 0.397 e. The molecule has 0 aliphatic heterocycles. The Labute approximate surface area is 142 Å². The van der Waals surface area contributed by atoms with Gasteiger partial charge in [0.1, 0.15) is 9.71 Å². The lowest BCUT2D eigenvalue weighted by Crippen LogP contribution is -2.12. The normalized spacial score (nSPS) is 11.0. The number of nitrogen functional groups attached to an aromatic ring is 1. The number of aryl methyl sites for hydroxylation is 1. The van der Waals surface area contributed by atoms with E-state index in [2.05, 4.69) is 10.3 Å². The van der Waals surface area contributed by atoms with Crippen LogP contribution < -0.4 is 11.1 Å². The number of hydrogen-bond acceptors (Lipinski definition) is 4. The van der Waals surface area contributed by atoms with Gasteiger partial charge >= 0.3 is 0 Å². The molecule has 5 heteroatoms. The number of hydrogen-bond donors (Lipinski definition) is 2. The van der Waals surface area contributed by atoms with E-state index in [1.165, 1.54) is 11.3 Å². The molecule has 0 unspecified atom stereocenters. The highest BCUT2D eigenvalue weighted by Crippen LogP contribution is 2.33. The second-order valence-corrected chi connectivity index (χ2v) is 6.63. The standard InChI is InChI=1S/C19H15N3OS/c1-11-9-10-14-16(20)17(24-19(14)21-11)18(23)22-15-8-4-6-12-5-2-3-7-13(12)15/h2-10H,20H2,1H3,(H,22,23). The van der Waals surface area contributed by atoms with Gasteiger partial charge in [-0.2, -0.15) is 0 Å². The zero-order valence-corrected chi connectivity index (χ0v) is 13.9. The van der Waals surface area contributed by atoms with E-state index in [-0.39, 0.29) is 5.91 Å². The van der Waals surface area contributed by atoms with Gasteiger partial charge in [0, 0.05) is 22.2 Å². The van der Waals surface area contributed by atoms with Gasteiger partial charge in [-0.05, 0) is 30.5 Å². The molecule has 24 heavy (non-hydrogen) atoms. The predicted molar refractivity (Wildman–Crippen MR) is 101 cm³/mol. The van der Waals surface area contributed by atoms with Crippen LogP contribution in [0.15, 0.2) is 54.6 Å². The second kappa shape index (κ2) is 5.62. The van der Waals surface area contributed by atoms with Crippen LogP contribution in [0, 0.1) is 6.92 Å². The Morgan fingerprint density at radius 2 is 1.83 bits per heavy atom. The Morgan fingerprint density at radius 3 is 2.71 bits per heavy atom. The third-order valence-electron chi connectivity index (χ3n) is 3.98. The molecule has 4 rings (SSSR count). The van der Waals surface area contributed by atoms with Crippen LogP contribution in [0.3, 0.4) is 0 Å². The first-order valence-electron chi connectivity index (χ1n) is 7.58. The number of anilines is 2. The molecule has 3 N–H and O–H groups in total. The van der Waals surface area contributed by atoms with Gasteiger partial charge in [0.2, 0.25) is 0 Å². The summed E-state index contributed by atoms with van der Waals surface area (Å²) >= 11 is 1.32. The first-order valence-corrected chi connectivity index (χ1v) is 8.40. The Balaban J connectivity index is 1.75. The molecular weight excluding hydrogens is 318 g/mol. The SMILES string of the molecule is Cc1ccc2c(N)c(C(=O)Nc3cccc4ccccc34)sc2n1. The molecule has 2 aromatic carbocycles. The first-order chi connectivity index (χ1) is 11.6. The van der Waals surface area contributed by atoms with Gasteiger partial charge in [-0.15, -0.1) is 11.3 Å². The lowest BCUT2D eigenvalue weighted by Gasteiger charge is -2.08. The fourth-order valence-corrected chi connectivity index (χ4v) is 3.81. The lowest BCUT2D eigenvalue weighted by atomic mass is 10.1. The van der Waals surface area contributed by atoms with Crippen LogP contribution in [0.2, 0.25) is 0 Å². The van der Waals surface area contributed by atoms with Crippen molar-refractivity contribution in [3.63, 3.8) is 0 Å². The van der Waals surface area contributed by atoms with E-state index in [1.807, 2.05) is 61.5 Å². The summed E-state index contributed by atoms with van der Waals surface area (Å²) in [6.07, 6.45) is 0. The minimum atomic E-state index is -0.204. The number of carbonyl (C=O) groups excluding carboxylic acids is 1. The number of amides is 1. The Bertz CT molecular complexity index is 1080. The van der Waals surface area contributed by atoms with Crippen molar-refractivity contribution in [1.82, 2.24) is 4.98 Å². The van der Waals surface area contributed by atoms with Crippen LogP contribution >= 0.6 is 11.3 Å². The molecule has 0 bridgehead atoms. The van der Waals surface area contributed by atoms with Gasteiger partial charge in [-0.1, -0.05) is 36.4 Å². The highest BCUT2D eigenvalue weighted by molar-refractivity contribution is 7.21. The fraction of sp³-hybridized carbons (Fsp3) is 0.0526. The van der Waals surface area contributed by atoms with Crippen molar-refractivity contribution in [2.24, 2.45) is 0 Å². The van der Waals surface area contributed by atoms with Gasteiger partial charge in [0.25, 0.3) is 5.91 Å². The average Bonchev–Trinajstić information content (AvgIpc) is 2.91. The number of thiophene rings is 1. The van der Waals surface area contributed by atoms with Gasteiger partial charge in [-0.25, -0.2) is 4.98 Å². The highest BCUT2D eigenvalue weighted by atomic mass is 32.1. The molecule has 0 aliphatic carbocycles. The minimum Gasteiger partial charge on any atom is -0.397 e. The molecule has 118 valence electrons. The molecule has 0 spiro atoms. The van der Waals surface area contributed by atoms with Crippen molar-refractivity contribution in [1.29, 1.82) is 0 Å². The van der Waals surface area contributed by atoms with Crippen molar-refractivity contribution in [2.75, 3.05) is 11.1 Å². The summed E-state index contributed by atoms with van der Waals surface area (Å²) in [5.74, 6) is -0.204. The third-order valence-corrected chi connectivity index (χ3v) is 5.09. The Hall–Kier alpha value is -2.92. The summed E-state index contributed by atoms with van der Waals surface area (Å²) in [6, 6.07) is 17.6. The maximum atomic E-state index is 12.7. The number of benzene rings is 2. The maximum Gasteiger partial charge on any atom is 0.267 e. The van der Waals surface area contributed by atoms with Crippen LogP contribution in [0.5, 0.6) is 0 Å². The predicted octanol–water partition coefficient (Wildman–Crippen LogP) is 4.59. The third kappa shape index (κ3) is 2.39. The molecule has 0 radical (unpaired) electrons. The number of rotatable bonds is 2. The summed E-state index contributed by atoms with van der Waals surface area (Å²) in [7, 11) is 0. The van der Waals surface area contributed by atoms with Gasteiger partial charge in [-0.3, -0.25) is 4.79 Å². The van der Waals surface area contributed by atoms with E-state index in [4.69, 9.17) is 5.73 Å². The number of carbonyl (C=O) groups is 1. The molecule has 2 aromatic heterocycles. The molecule has 2 heterocycles. The Morgan fingerprint density at radius 1 is 1.04 bits per heavy atom. The van der Waals surface area contributed by atoms with Crippen molar-refractivity contribution in [3.05, 3.63) is 65.2 Å². The Kier molecular flexibility index (Phi) is 3.43. The van der Waals surface area contributed by atoms with Crippen molar-refractivity contribution < 1.29 is 4.79 Å². The van der Waals surface area contributed by atoms with Gasteiger partial charge in [0.05, 0.1) is 5.69 Å². The summed E-state index contributed by atoms with van der Waals surface area (Å²) in [5, 5.41) is 5.89. The van der Waals surface area contributed by atoms with E-state index in [9.17, 15) is 4.79 Å².